The summed E-state index contributed by atoms with van der Waals surface area (Å²) in [6, 6.07) is 0. The number of unbranched alkanes of at least 4 members (excludes halogenated alkanes) is 22. The van der Waals surface area contributed by atoms with Gasteiger partial charge >= 0.3 is 27.6 Å². The first-order valence-electron chi connectivity index (χ1n) is 23.9. The normalized spacial score (nSPS) is 22.1. The molecule has 1 aliphatic carbocycles. The maximum Gasteiger partial charge on any atom is 0.472 e. The molecule has 0 aromatic heterocycles. The molecule has 63 heavy (non-hydrogen) atoms. The Balaban J connectivity index is 2.60. The lowest BCUT2D eigenvalue weighted by molar-refractivity contribution is -0.216. The van der Waals surface area contributed by atoms with Gasteiger partial charge in [-0.15, -0.1) is 0 Å². The Hall–Kier alpha value is -1.52. The second kappa shape index (κ2) is 36.6. The van der Waals surface area contributed by atoms with Crippen molar-refractivity contribution in [3.05, 3.63) is 24.3 Å². The van der Waals surface area contributed by atoms with E-state index in [-0.39, 0.29) is 12.8 Å². The minimum absolute atomic E-state index is 0.0351. The van der Waals surface area contributed by atoms with Gasteiger partial charge in [-0.05, 0) is 64.2 Å². The fraction of sp³-hybridized carbons (Fsp3) is 0.867. The largest absolute Gasteiger partial charge is 0.472 e. The van der Waals surface area contributed by atoms with E-state index < -0.39 is 83.5 Å². The number of aliphatic hydroxyl groups is 4. The van der Waals surface area contributed by atoms with Crippen LogP contribution in [-0.2, 0) is 41.8 Å². The highest BCUT2D eigenvalue weighted by atomic mass is 31.2. The molecule has 0 spiro atoms. The fourth-order valence-electron chi connectivity index (χ4n) is 7.25. The molecule has 1 saturated carbocycles. The Morgan fingerprint density at radius 2 is 0.873 bits per heavy atom. The number of carbonyl (C=O) groups is 2. The summed E-state index contributed by atoms with van der Waals surface area (Å²) in [4.78, 5) is 54.2. The molecule has 0 aromatic rings. The van der Waals surface area contributed by atoms with E-state index in [1.54, 1.807) is 0 Å². The number of aliphatic hydroxyl groups excluding tert-OH is 4. The molecule has 0 aliphatic heterocycles. The van der Waals surface area contributed by atoms with Crippen molar-refractivity contribution in [1.29, 1.82) is 0 Å². The van der Waals surface area contributed by atoms with Crippen LogP contribution >= 0.6 is 15.6 Å². The number of ether oxygens (including phenoxy) is 2. The Morgan fingerprint density at radius 1 is 0.492 bits per heavy atom. The van der Waals surface area contributed by atoms with Gasteiger partial charge in [0, 0.05) is 12.8 Å². The van der Waals surface area contributed by atoms with Gasteiger partial charge in [0.1, 0.15) is 43.2 Å². The van der Waals surface area contributed by atoms with Crippen molar-refractivity contribution in [3.63, 3.8) is 0 Å². The maximum absolute atomic E-state index is 13.0. The van der Waals surface area contributed by atoms with Gasteiger partial charge in [-0.2, -0.15) is 0 Å². The average molecular weight is 943 g/mol. The minimum Gasteiger partial charge on any atom is -0.462 e. The van der Waals surface area contributed by atoms with Gasteiger partial charge in [-0.1, -0.05) is 141 Å². The van der Waals surface area contributed by atoms with Gasteiger partial charge in [0.05, 0.1) is 6.61 Å². The van der Waals surface area contributed by atoms with Crippen LogP contribution in [0.25, 0.3) is 0 Å². The highest BCUT2D eigenvalue weighted by molar-refractivity contribution is 7.47. The summed E-state index contributed by atoms with van der Waals surface area (Å²) < 4.78 is 49.4. The molecule has 0 amide bonds. The van der Waals surface area contributed by atoms with Crippen LogP contribution in [0.2, 0.25) is 0 Å². The van der Waals surface area contributed by atoms with Gasteiger partial charge in [0.2, 0.25) is 0 Å². The zero-order valence-corrected chi connectivity index (χ0v) is 40.1. The lowest BCUT2D eigenvalue weighted by atomic mass is 9.85. The van der Waals surface area contributed by atoms with Crippen LogP contribution in [-0.4, -0.2) is 103 Å². The molecule has 18 heteroatoms. The summed E-state index contributed by atoms with van der Waals surface area (Å²) in [6.07, 6.45) is 22.8. The van der Waals surface area contributed by atoms with Crippen LogP contribution < -0.4 is 0 Å². The van der Waals surface area contributed by atoms with E-state index in [0.29, 0.717) is 12.8 Å². The van der Waals surface area contributed by atoms with Crippen molar-refractivity contribution in [2.45, 2.75) is 236 Å². The van der Waals surface area contributed by atoms with Crippen molar-refractivity contribution in [2.24, 2.45) is 0 Å². The molecule has 0 heterocycles. The van der Waals surface area contributed by atoms with E-state index in [1.165, 1.54) is 64.2 Å². The molecular formula is C45H84O16P2. The molecular weight excluding hydrogens is 858 g/mol. The number of phosphoric ester groups is 2. The van der Waals surface area contributed by atoms with Crippen LogP contribution in [0.4, 0.5) is 0 Å². The molecule has 0 saturated heterocycles. The monoisotopic (exact) mass is 943 g/mol. The highest BCUT2D eigenvalue weighted by Crippen LogP contribution is 2.49. The molecule has 8 atom stereocenters. The van der Waals surface area contributed by atoms with Crippen LogP contribution in [0.15, 0.2) is 24.3 Å². The first-order chi connectivity index (χ1) is 30.1. The number of allylic oxidation sites excluding steroid dienone is 4. The number of carbonyl (C=O) groups excluding carboxylic acids is 2. The quantitative estimate of drug-likeness (QED) is 0.0131. The van der Waals surface area contributed by atoms with Crippen LogP contribution in [0, 0.1) is 0 Å². The summed E-state index contributed by atoms with van der Waals surface area (Å²) in [7, 11) is -10.7. The Bertz CT molecular complexity index is 1330. The molecule has 0 radical (unpaired) electrons. The summed E-state index contributed by atoms with van der Waals surface area (Å²) >= 11 is 0. The van der Waals surface area contributed by atoms with Gasteiger partial charge in [0.15, 0.2) is 6.10 Å². The fourth-order valence-corrected chi connectivity index (χ4v) is 8.79. The van der Waals surface area contributed by atoms with Gasteiger partial charge in [-0.25, -0.2) is 9.13 Å². The number of phosphoric acid groups is 2. The highest BCUT2D eigenvalue weighted by Gasteiger charge is 2.54. The molecule has 0 bridgehead atoms. The molecule has 1 aliphatic rings. The molecule has 5 unspecified atom stereocenters. The first-order valence-corrected chi connectivity index (χ1v) is 26.9. The SMILES string of the molecule is CCCCCCC=CCCCCCCCCCC(=O)OC[C@H](COP(=O)(O)O[C@H]1C(O)C(O)C(O)[C@@H](OP(=O)(O)O)C1O)OC(=O)CCCCCCCC=CCCCCCCCC. The lowest BCUT2D eigenvalue weighted by Gasteiger charge is -2.43. The number of hydrogen-bond donors (Lipinski definition) is 7. The molecule has 1 fully saturated rings. The van der Waals surface area contributed by atoms with Crippen molar-refractivity contribution >= 4 is 27.6 Å². The van der Waals surface area contributed by atoms with Crippen molar-refractivity contribution in [2.75, 3.05) is 13.2 Å². The van der Waals surface area contributed by atoms with Crippen molar-refractivity contribution in [3.8, 4) is 0 Å². The lowest BCUT2D eigenvalue weighted by Crippen LogP contribution is -2.64. The summed E-state index contributed by atoms with van der Waals surface area (Å²) in [5.41, 5.74) is 0. The van der Waals surface area contributed by atoms with Crippen molar-refractivity contribution < 1.29 is 76.9 Å². The molecule has 370 valence electrons. The summed E-state index contributed by atoms with van der Waals surface area (Å²) in [5.74, 6) is -1.22. The Morgan fingerprint density at radius 3 is 1.32 bits per heavy atom. The summed E-state index contributed by atoms with van der Waals surface area (Å²) in [6.45, 7) is 3.09. The number of esters is 2. The van der Waals surface area contributed by atoms with E-state index in [9.17, 15) is 44.0 Å². The maximum atomic E-state index is 13.0. The summed E-state index contributed by atoms with van der Waals surface area (Å²) in [5, 5.41) is 41.2. The van der Waals surface area contributed by atoms with Gasteiger partial charge in [0.25, 0.3) is 0 Å². The number of rotatable bonds is 40. The second-order valence-corrected chi connectivity index (χ2v) is 19.4. The Kier molecular flexibility index (Phi) is 34.5. The molecule has 1 rings (SSSR count). The van der Waals surface area contributed by atoms with Crippen molar-refractivity contribution in [1.82, 2.24) is 0 Å². The number of hydrogen-bond acceptors (Lipinski definition) is 13. The van der Waals surface area contributed by atoms with Crippen LogP contribution in [0.5, 0.6) is 0 Å². The Labute approximate surface area is 377 Å². The van der Waals surface area contributed by atoms with E-state index in [1.807, 2.05) is 0 Å². The predicted octanol–water partition coefficient (Wildman–Crippen LogP) is 8.95. The second-order valence-electron chi connectivity index (χ2n) is 16.8. The van der Waals surface area contributed by atoms with E-state index in [2.05, 4.69) is 42.7 Å². The van der Waals surface area contributed by atoms with Crippen LogP contribution in [0.3, 0.4) is 0 Å². The smallest absolute Gasteiger partial charge is 0.462 e. The third-order valence-corrected chi connectivity index (χ3v) is 12.5. The zero-order chi connectivity index (χ0) is 46.8. The average Bonchev–Trinajstić information content (AvgIpc) is 3.23. The van der Waals surface area contributed by atoms with E-state index in [0.717, 1.165) is 89.9 Å². The molecule has 0 aromatic carbocycles. The van der Waals surface area contributed by atoms with E-state index in [4.69, 9.17) is 28.3 Å². The molecule has 16 nitrogen and oxygen atoms in total. The third kappa shape index (κ3) is 31.2. The van der Waals surface area contributed by atoms with Gasteiger partial charge < -0.3 is 44.6 Å². The van der Waals surface area contributed by atoms with Gasteiger partial charge in [-0.3, -0.25) is 23.2 Å². The zero-order valence-electron chi connectivity index (χ0n) is 38.3. The molecule has 7 N–H and O–H groups in total. The standard InChI is InChI=1S/C45H84O16P2/c1-3-5-7-9-11-13-15-17-19-21-23-25-27-29-31-33-38(46)57-35-37(59-39(47)34-32-30-28-26-24-22-20-18-16-14-12-10-8-6-4-2)36-58-63(55,56)61-45-42(50)40(48)41(49)44(43(45)51)60-62(52,53)54/h13,15,18,20,37,40-45,48-51H,3-12,14,16-17,19,21-36H2,1-2H3,(H,55,56)(H2,52,53,54)/t37-,40?,41?,42?,43?,44-,45+/m1/s1. The first kappa shape index (κ1) is 59.5. The predicted molar refractivity (Wildman–Crippen MR) is 241 cm³/mol. The minimum atomic E-state index is -5.36. The van der Waals surface area contributed by atoms with Crippen LogP contribution in [0.1, 0.15) is 194 Å². The van der Waals surface area contributed by atoms with E-state index >= 15 is 0 Å². The topological polar surface area (TPSA) is 256 Å². The third-order valence-electron chi connectivity index (χ3n) is 11.0.